The number of ether oxygens (including phenoxy) is 2. The Balaban J connectivity index is 1.39. The average molecular weight is 416 g/mol. The van der Waals surface area contributed by atoms with Crippen molar-refractivity contribution in [3.05, 3.63) is 83.4 Å². The van der Waals surface area contributed by atoms with E-state index in [0.29, 0.717) is 28.4 Å². The van der Waals surface area contributed by atoms with Crippen LogP contribution in [0.25, 0.3) is 0 Å². The van der Waals surface area contributed by atoms with E-state index in [1.165, 1.54) is 11.1 Å². The first-order valence-corrected chi connectivity index (χ1v) is 10.2. The Hall–Kier alpha value is -3.80. The zero-order valence-corrected chi connectivity index (χ0v) is 17.3. The smallest absolute Gasteiger partial charge is 0.262 e. The van der Waals surface area contributed by atoms with E-state index in [1.54, 1.807) is 55.6 Å². The van der Waals surface area contributed by atoms with Gasteiger partial charge in [0.25, 0.3) is 11.8 Å². The molecule has 0 heterocycles. The van der Waals surface area contributed by atoms with Crippen molar-refractivity contribution in [3.63, 3.8) is 0 Å². The molecule has 0 unspecified atom stereocenters. The quantitative estimate of drug-likeness (QED) is 0.596. The minimum absolute atomic E-state index is 0.134. The maximum Gasteiger partial charge on any atom is 0.262 e. The zero-order chi connectivity index (χ0) is 21.6. The van der Waals surface area contributed by atoms with Crippen LogP contribution in [0.4, 0.5) is 11.4 Å². The SMILES string of the molecule is COc1cccc(NC(=O)c2ccccc2NC(=O)COc2ccc3c(c2)CCC3)c1. The van der Waals surface area contributed by atoms with Gasteiger partial charge >= 0.3 is 0 Å². The number of carbonyl (C=O) groups is 2. The monoisotopic (exact) mass is 416 g/mol. The molecule has 4 rings (SSSR count). The summed E-state index contributed by atoms with van der Waals surface area (Å²) in [6, 6.07) is 19.9. The first kappa shape index (κ1) is 20.5. The number of fused-ring (bicyclic) bond motifs is 1. The van der Waals surface area contributed by atoms with Gasteiger partial charge in [-0.1, -0.05) is 24.3 Å². The van der Waals surface area contributed by atoms with Crippen LogP contribution in [-0.4, -0.2) is 25.5 Å². The molecule has 31 heavy (non-hydrogen) atoms. The van der Waals surface area contributed by atoms with Gasteiger partial charge in [0.15, 0.2) is 6.61 Å². The molecule has 0 fully saturated rings. The van der Waals surface area contributed by atoms with E-state index >= 15 is 0 Å². The third-order valence-corrected chi connectivity index (χ3v) is 5.21. The van der Waals surface area contributed by atoms with Crippen LogP contribution in [0.3, 0.4) is 0 Å². The van der Waals surface area contributed by atoms with Crippen molar-refractivity contribution in [1.82, 2.24) is 0 Å². The summed E-state index contributed by atoms with van der Waals surface area (Å²) in [5, 5.41) is 5.60. The molecule has 6 heteroatoms. The number of nitrogens with one attached hydrogen (secondary N) is 2. The van der Waals surface area contributed by atoms with Crippen molar-refractivity contribution in [3.8, 4) is 11.5 Å². The fraction of sp³-hybridized carbons (Fsp3) is 0.200. The highest BCUT2D eigenvalue weighted by Crippen LogP contribution is 2.26. The summed E-state index contributed by atoms with van der Waals surface area (Å²) >= 11 is 0. The van der Waals surface area contributed by atoms with Crippen LogP contribution < -0.4 is 20.1 Å². The van der Waals surface area contributed by atoms with Crippen LogP contribution in [0.15, 0.2) is 66.7 Å². The number of para-hydroxylation sites is 1. The molecule has 0 radical (unpaired) electrons. The Morgan fingerprint density at radius 1 is 0.871 bits per heavy atom. The molecule has 0 saturated heterocycles. The Kier molecular flexibility index (Phi) is 6.17. The highest BCUT2D eigenvalue weighted by molar-refractivity contribution is 6.10. The van der Waals surface area contributed by atoms with Crippen LogP contribution in [-0.2, 0) is 17.6 Å². The number of rotatable bonds is 7. The molecular weight excluding hydrogens is 392 g/mol. The van der Waals surface area contributed by atoms with E-state index in [2.05, 4.69) is 16.7 Å². The molecule has 158 valence electrons. The Labute approximate surface area is 181 Å². The molecule has 2 N–H and O–H groups in total. The van der Waals surface area contributed by atoms with Crippen LogP contribution >= 0.6 is 0 Å². The van der Waals surface area contributed by atoms with Crippen molar-refractivity contribution in [2.75, 3.05) is 24.4 Å². The lowest BCUT2D eigenvalue weighted by molar-refractivity contribution is -0.118. The summed E-state index contributed by atoms with van der Waals surface area (Å²) in [5.74, 6) is 0.661. The highest BCUT2D eigenvalue weighted by Gasteiger charge is 2.15. The molecule has 2 amide bonds. The first-order chi connectivity index (χ1) is 15.1. The minimum atomic E-state index is -0.331. The Morgan fingerprint density at radius 3 is 2.58 bits per heavy atom. The van der Waals surface area contributed by atoms with Crippen molar-refractivity contribution >= 4 is 23.2 Å². The lowest BCUT2D eigenvalue weighted by atomic mass is 10.1. The van der Waals surface area contributed by atoms with Gasteiger partial charge in [-0.2, -0.15) is 0 Å². The molecule has 0 atom stereocenters. The van der Waals surface area contributed by atoms with Crippen molar-refractivity contribution in [2.45, 2.75) is 19.3 Å². The largest absolute Gasteiger partial charge is 0.497 e. The summed E-state index contributed by atoms with van der Waals surface area (Å²) in [6.45, 7) is -0.134. The van der Waals surface area contributed by atoms with E-state index in [0.717, 1.165) is 19.3 Å². The highest BCUT2D eigenvalue weighted by atomic mass is 16.5. The number of hydrogen-bond acceptors (Lipinski definition) is 4. The number of benzene rings is 3. The molecule has 0 aliphatic heterocycles. The third-order valence-electron chi connectivity index (χ3n) is 5.21. The molecule has 0 bridgehead atoms. The molecule has 3 aromatic carbocycles. The maximum atomic E-state index is 12.8. The predicted molar refractivity (Wildman–Crippen MR) is 120 cm³/mol. The lowest BCUT2D eigenvalue weighted by Crippen LogP contribution is -2.22. The van der Waals surface area contributed by atoms with Crippen molar-refractivity contribution in [2.24, 2.45) is 0 Å². The standard InChI is InChI=1S/C25H24N2O4/c1-30-20-9-5-8-19(15-20)26-25(29)22-10-2-3-11-23(22)27-24(28)16-31-21-13-12-17-6-4-7-18(17)14-21/h2-3,5,8-15H,4,6-7,16H2,1H3,(H,26,29)(H,27,28). The summed E-state index contributed by atoms with van der Waals surface area (Å²) in [4.78, 5) is 25.2. The fourth-order valence-electron chi connectivity index (χ4n) is 3.66. The molecule has 1 aliphatic rings. The van der Waals surface area contributed by atoms with Gasteiger partial charge < -0.3 is 20.1 Å². The van der Waals surface area contributed by atoms with Gasteiger partial charge in [-0.15, -0.1) is 0 Å². The average Bonchev–Trinajstić information content (AvgIpc) is 3.26. The predicted octanol–water partition coefficient (Wildman–Crippen LogP) is 4.45. The van der Waals surface area contributed by atoms with Crippen LogP contribution in [0.1, 0.15) is 27.9 Å². The number of hydrogen-bond donors (Lipinski definition) is 2. The van der Waals surface area contributed by atoms with Gasteiger partial charge in [-0.05, 0) is 66.8 Å². The second-order valence-electron chi connectivity index (χ2n) is 7.35. The van der Waals surface area contributed by atoms with E-state index < -0.39 is 0 Å². The van der Waals surface area contributed by atoms with Crippen LogP contribution in [0, 0.1) is 0 Å². The summed E-state index contributed by atoms with van der Waals surface area (Å²) in [6.07, 6.45) is 3.31. The lowest BCUT2D eigenvalue weighted by Gasteiger charge is -2.13. The fourth-order valence-corrected chi connectivity index (χ4v) is 3.66. The van der Waals surface area contributed by atoms with Gasteiger partial charge in [-0.3, -0.25) is 9.59 Å². The van der Waals surface area contributed by atoms with Crippen LogP contribution in [0.2, 0.25) is 0 Å². The van der Waals surface area contributed by atoms with Gasteiger partial charge in [-0.25, -0.2) is 0 Å². The number of carbonyl (C=O) groups excluding carboxylic acids is 2. The molecular formula is C25H24N2O4. The molecule has 1 aliphatic carbocycles. The minimum Gasteiger partial charge on any atom is -0.497 e. The normalized spacial score (nSPS) is 12.0. The van der Waals surface area contributed by atoms with E-state index in [4.69, 9.17) is 9.47 Å². The molecule has 0 aromatic heterocycles. The topological polar surface area (TPSA) is 76.7 Å². The van der Waals surface area contributed by atoms with E-state index in [9.17, 15) is 9.59 Å². The summed E-state index contributed by atoms with van der Waals surface area (Å²) in [7, 11) is 1.57. The molecule has 3 aromatic rings. The Morgan fingerprint density at radius 2 is 1.71 bits per heavy atom. The second-order valence-corrected chi connectivity index (χ2v) is 7.35. The Bertz CT molecular complexity index is 1110. The molecule has 0 saturated carbocycles. The number of anilines is 2. The number of aryl methyl sites for hydroxylation is 2. The van der Waals surface area contributed by atoms with Gasteiger partial charge in [0.05, 0.1) is 18.4 Å². The third kappa shape index (κ3) is 5.04. The van der Waals surface area contributed by atoms with E-state index in [1.807, 2.05) is 12.1 Å². The first-order valence-electron chi connectivity index (χ1n) is 10.2. The van der Waals surface area contributed by atoms with Gasteiger partial charge in [0.1, 0.15) is 11.5 Å². The summed E-state index contributed by atoms with van der Waals surface area (Å²) < 4.78 is 10.8. The van der Waals surface area contributed by atoms with Gasteiger partial charge in [0, 0.05) is 11.8 Å². The van der Waals surface area contributed by atoms with Gasteiger partial charge in [0.2, 0.25) is 0 Å². The van der Waals surface area contributed by atoms with Crippen molar-refractivity contribution in [1.29, 1.82) is 0 Å². The number of methoxy groups -OCH3 is 1. The van der Waals surface area contributed by atoms with Crippen molar-refractivity contribution < 1.29 is 19.1 Å². The summed E-state index contributed by atoms with van der Waals surface area (Å²) in [5.41, 5.74) is 4.03. The van der Waals surface area contributed by atoms with E-state index in [-0.39, 0.29) is 18.4 Å². The molecule has 6 nitrogen and oxygen atoms in total. The van der Waals surface area contributed by atoms with Crippen LogP contribution in [0.5, 0.6) is 11.5 Å². The molecule has 0 spiro atoms. The maximum absolute atomic E-state index is 12.8. The number of amides is 2. The zero-order valence-electron chi connectivity index (χ0n) is 17.3. The second kappa shape index (κ2) is 9.34.